The molecule has 0 radical (unpaired) electrons. The van der Waals surface area contributed by atoms with Crippen LogP contribution in [-0.2, 0) is 5.60 Å². The van der Waals surface area contributed by atoms with Crippen LogP contribution >= 0.6 is 11.6 Å². The lowest BCUT2D eigenvalue weighted by Gasteiger charge is -2.43. The van der Waals surface area contributed by atoms with Crippen LogP contribution in [0.25, 0.3) is 0 Å². The Hall–Kier alpha value is -0.840. The lowest BCUT2D eigenvalue weighted by atomic mass is 9.65. The van der Waals surface area contributed by atoms with Gasteiger partial charge in [0, 0.05) is 5.56 Å². The number of hydrogen-bond donors (Lipinski definition) is 2. The number of benzene rings is 1. The molecule has 158 valence electrons. The summed E-state index contributed by atoms with van der Waals surface area (Å²) < 4.78 is 20.2. The first-order valence-electron chi connectivity index (χ1n) is 10.9. The minimum absolute atomic E-state index is 0.0430. The highest BCUT2D eigenvalue weighted by atomic mass is 35.5. The molecule has 3 rings (SSSR count). The Morgan fingerprint density at radius 1 is 1.14 bits per heavy atom. The monoisotopic (exact) mass is 412 g/mol. The lowest BCUT2D eigenvalue weighted by molar-refractivity contribution is -0.0382. The summed E-state index contributed by atoms with van der Waals surface area (Å²) in [5.41, 5.74) is -0.867. The molecule has 0 aliphatic heterocycles. The van der Waals surface area contributed by atoms with Gasteiger partial charge in [0.25, 0.3) is 0 Å². The van der Waals surface area contributed by atoms with Crippen molar-refractivity contribution in [2.75, 3.05) is 6.61 Å². The largest absolute Gasteiger partial charge is 0.492 e. The molecule has 2 aliphatic rings. The van der Waals surface area contributed by atoms with Gasteiger partial charge in [0.05, 0.1) is 18.3 Å². The second-order valence-corrected chi connectivity index (χ2v) is 9.11. The third-order valence-electron chi connectivity index (χ3n) is 7.01. The van der Waals surface area contributed by atoms with Gasteiger partial charge in [-0.25, -0.2) is 4.39 Å². The average molecular weight is 413 g/mol. The van der Waals surface area contributed by atoms with Crippen molar-refractivity contribution >= 4 is 11.6 Å². The number of hydrogen-bond acceptors (Lipinski definition) is 3. The van der Waals surface area contributed by atoms with Crippen LogP contribution in [0.3, 0.4) is 0 Å². The molecule has 5 heteroatoms. The maximum atomic E-state index is 14.8. The lowest BCUT2D eigenvalue weighted by Crippen LogP contribution is -2.37. The van der Waals surface area contributed by atoms with Crippen molar-refractivity contribution in [1.29, 1.82) is 0 Å². The summed E-state index contributed by atoms with van der Waals surface area (Å²) in [6.07, 6.45) is 7.96. The molecule has 1 aromatic carbocycles. The van der Waals surface area contributed by atoms with Crippen molar-refractivity contribution in [3.05, 3.63) is 28.5 Å². The Bertz CT molecular complexity index is 657. The van der Waals surface area contributed by atoms with E-state index in [1.54, 1.807) is 12.1 Å². The minimum Gasteiger partial charge on any atom is -0.492 e. The molecule has 0 saturated heterocycles. The van der Waals surface area contributed by atoms with E-state index < -0.39 is 11.4 Å². The molecule has 2 fully saturated rings. The Morgan fingerprint density at radius 2 is 1.86 bits per heavy atom. The van der Waals surface area contributed by atoms with E-state index in [0.717, 1.165) is 44.9 Å². The van der Waals surface area contributed by atoms with E-state index in [1.807, 2.05) is 6.92 Å². The van der Waals surface area contributed by atoms with Crippen LogP contribution in [-0.4, -0.2) is 22.9 Å². The van der Waals surface area contributed by atoms with E-state index in [0.29, 0.717) is 48.5 Å². The van der Waals surface area contributed by atoms with Gasteiger partial charge in [0.2, 0.25) is 0 Å². The van der Waals surface area contributed by atoms with Crippen LogP contribution < -0.4 is 4.74 Å². The molecular formula is C23H34ClFO3. The summed E-state index contributed by atoms with van der Waals surface area (Å²) in [5, 5.41) is 21.4. The SMILES string of the molecule is CCCC1CC(C2CCC(O)(c3ccc(OCC)c(Cl)c3F)CC2)CCC1O. The first-order valence-corrected chi connectivity index (χ1v) is 11.3. The van der Waals surface area contributed by atoms with Crippen molar-refractivity contribution in [1.82, 2.24) is 0 Å². The average Bonchev–Trinajstić information content (AvgIpc) is 2.68. The summed E-state index contributed by atoms with van der Waals surface area (Å²) in [4.78, 5) is 0. The Balaban J connectivity index is 1.67. The van der Waals surface area contributed by atoms with Crippen molar-refractivity contribution < 1.29 is 19.3 Å². The molecule has 0 amide bonds. The molecule has 0 spiro atoms. The Labute approximate surface area is 173 Å². The number of ether oxygens (including phenoxy) is 1. The van der Waals surface area contributed by atoms with E-state index >= 15 is 0 Å². The summed E-state index contributed by atoms with van der Waals surface area (Å²) in [7, 11) is 0. The van der Waals surface area contributed by atoms with Crippen LogP contribution in [0.2, 0.25) is 5.02 Å². The van der Waals surface area contributed by atoms with E-state index in [4.69, 9.17) is 16.3 Å². The van der Waals surface area contributed by atoms with Gasteiger partial charge >= 0.3 is 0 Å². The van der Waals surface area contributed by atoms with E-state index in [-0.39, 0.29) is 11.1 Å². The van der Waals surface area contributed by atoms with Crippen LogP contribution in [0.1, 0.15) is 77.2 Å². The first kappa shape index (κ1) is 21.9. The summed E-state index contributed by atoms with van der Waals surface area (Å²) in [6, 6.07) is 3.28. The van der Waals surface area contributed by atoms with Gasteiger partial charge in [-0.3, -0.25) is 0 Å². The molecule has 2 aliphatic carbocycles. The normalized spacial score (nSPS) is 33.6. The first-order chi connectivity index (χ1) is 13.4. The molecule has 28 heavy (non-hydrogen) atoms. The summed E-state index contributed by atoms with van der Waals surface area (Å²) >= 11 is 6.13. The van der Waals surface area contributed by atoms with Crippen molar-refractivity contribution in [2.24, 2.45) is 17.8 Å². The topological polar surface area (TPSA) is 49.7 Å². The maximum Gasteiger partial charge on any atom is 0.151 e. The van der Waals surface area contributed by atoms with Gasteiger partial charge in [0.1, 0.15) is 10.8 Å². The number of aliphatic hydroxyl groups excluding tert-OH is 1. The molecule has 0 heterocycles. The van der Waals surface area contributed by atoms with Gasteiger partial charge in [0.15, 0.2) is 5.82 Å². The van der Waals surface area contributed by atoms with Gasteiger partial charge in [-0.05, 0) is 88.2 Å². The molecule has 0 bridgehead atoms. The highest BCUT2D eigenvalue weighted by Gasteiger charge is 2.41. The number of aliphatic hydroxyl groups is 2. The fourth-order valence-electron chi connectivity index (χ4n) is 5.41. The third kappa shape index (κ3) is 4.49. The van der Waals surface area contributed by atoms with Crippen LogP contribution in [0.5, 0.6) is 5.75 Å². The molecule has 3 nitrogen and oxygen atoms in total. The van der Waals surface area contributed by atoms with Crippen LogP contribution in [0.4, 0.5) is 4.39 Å². The fourth-order valence-corrected chi connectivity index (χ4v) is 5.63. The zero-order valence-corrected chi connectivity index (χ0v) is 17.8. The Kier molecular flexibility index (Phi) is 7.27. The second kappa shape index (κ2) is 9.32. The van der Waals surface area contributed by atoms with Crippen LogP contribution in [0.15, 0.2) is 12.1 Å². The van der Waals surface area contributed by atoms with Crippen molar-refractivity contribution in [3.63, 3.8) is 0 Å². The van der Waals surface area contributed by atoms with E-state index in [9.17, 15) is 14.6 Å². The highest BCUT2D eigenvalue weighted by Crippen LogP contribution is 2.48. The fraction of sp³-hybridized carbons (Fsp3) is 0.739. The molecular weight excluding hydrogens is 379 g/mol. The highest BCUT2D eigenvalue weighted by molar-refractivity contribution is 6.32. The van der Waals surface area contributed by atoms with E-state index in [1.165, 1.54) is 0 Å². The standard InChI is InChI=1S/C23H34ClFO3/c1-3-5-17-14-16(6-8-19(17)26)15-10-12-23(27,13-11-15)18-7-9-20(28-4-2)21(24)22(18)25/h7,9,15-17,19,26-27H,3-6,8,10-14H2,1-2H3. The van der Waals surface area contributed by atoms with Gasteiger partial charge in [-0.15, -0.1) is 0 Å². The second-order valence-electron chi connectivity index (χ2n) is 8.73. The van der Waals surface area contributed by atoms with Gasteiger partial charge in [-0.2, -0.15) is 0 Å². The smallest absolute Gasteiger partial charge is 0.151 e. The predicted octanol–water partition coefficient (Wildman–Crippen LogP) is 5.83. The minimum atomic E-state index is -1.16. The van der Waals surface area contributed by atoms with Crippen molar-refractivity contribution in [2.45, 2.75) is 83.3 Å². The quantitative estimate of drug-likeness (QED) is 0.617. The summed E-state index contributed by atoms with van der Waals surface area (Å²) in [5.74, 6) is 1.33. The molecule has 3 unspecified atom stereocenters. The molecule has 0 aromatic heterocycles. The van der Waals surface area contributed by atoms with E-state index in [2.05, 4.69) is 6.92 Å². The zero-order chi connectivity index (χ0) is 20.3. The van der Waals surface area contributed by atoms with Crippen molar-refractivity contribution in [3.8, 4) is 5.75 Å². The maximum absolute atomic E-state index is 14.8. The summed E-state index contributed by atoms with van der Waals surface area (Å²) in [6.45, 7) is 4.42. The number of rotatable bonds is 6. The zero-order valence-electron chi connectivity index (χ0n) is 17.1. The van der Waals surface area contributed by atoms with Crippen LogP contribution in [0, 0.1) is 23.6 Å². The molecule has 2 saturated carbocycles. The molecule has 3 atom stereocenters. The molecule has 1 aromatic rings. The molecule has 2 N–H and O–H groups in total. The van der Waals surface area contributed by atoms with Gasteiger partial charge < -0.3 is 14.9 Å². The third-order valence-corrected chi connectivity index (χ3v) is 7.37. The number of halogens is 2. The predicted molar refractivity (Wildman–Crippen MR) is 110 cm³/mol. The van der Waals surface area contributed by atoms with Gasteiger partial charge in [-0.1, -0.05) is 24.9 Å². The Morgan fingerprint density at radius 3 is 2.50 bits per heavy atom.